The highest BCUT2D eigenvalue weighted by molar-refractivity contribution is 9.10. The first-order valence-corrected chi connectivity index (χ1v) is 23.4. The smallest absolute Gasteiger partial charge is 0.410 e. The minimum Gasteiger partial charge on any atom is -0.444 e. The molecule has 2 aliphatic rings. The van der Waals surface area contributed by atoms with Crippen LogP contribution in [-0.4, -0.2) is 90.7 Å². The van der Waals surface area contributed by atoms with Gasteiger partial charge in [0.25, 0.3) is 17.4 Å². The number of amides is 4. The van der Waals surface area contributed by atoms with Gasteiger partial charge < -0.3 is 40.7 Å². The molecule has 5 heterocycles. The first-order valence-electron chi connectivity index (χ1n) is 22.7. The molecule has 4 aromatic carbocycles. The van der Waals surface area contributed by atoms with E-state index < -0.39 is 23.0 Å². The van der Waals surface area contributed by atoms with E-state index in [0.29, 0.717) is 66.6 Å². The number of hydrogen-bond acceptors (Lipinski definition) is 8. The zero-order valence-corrected chi connectivity index (χ0v) is 41.2. The van der Waals surface area contributed by atoms with E-state index in [2.05, 4.69) is 30.9 Å². The van der Waals surface area contributed by atoms with Gasteiger partial charge in [0.1, 0.15) is 17.5 Å². The van der Waals surface area contributed by atoms with E-state index in [1.54, 1.807) is 38.9 Å². The molecule has 3 aromatic heterocycles. The summed E-state index contributed by atoms with van der Waals surface area (Å²) in [4.78, 5) is 76.8. The van der Waals surface area contributed by atoms with Crippen molar-refractivity contribution in [3.8, 4) is 16.8 Å². The Labute approximate surface area is 407 Å². The summed E-state index contributed by atoms with van der Waals surface area (Å²) >= 11 is 3.51. The van der Waals surface area contributed by atoms with Crippen LogP contribution in [0.15, 0.2) is 107 Å². The number of aromatic nitrogens is 4. The molecule has 0 aliphatic carbocycles. The Kier molecular flexibility index (Phi) is 13.2. The van der Waals surface area contributed by atoms with Crippen LogP contribution in [-0.2, 0) is 9.47 Å². The van der Waals surface area contributed by atoms with Gasteiger partial charge in [0.2, 0.25) is 0 Å². The Bertz CT molecular complexity index is 3330. The molecular weight excluding hydrogens is 941 g/mol. The van der Waals surface area contributed by atoms with Crippen molar-refractivity contribution < 1.29 is 28.7 Å². The van der Waals surface area contributed by atoms with Gasteiger partial charge in [-0.05, 0) is 138 Å². The van der Waals surface area contributed by atoms with Crippen LogP contribution in [0.4, 0.5) is 9.59 Å². The van der Waals surface area contributed by atoms with Crippen molar-refractivity contribution in [2.75, 3.05) is 26.2 Å². The number of carbonyl (C=O) groups is 4. The van der Waals surface area contributed by atoms with Crippen molar-refractivity contribution in [3.63, 3.8) is 0 Å². The Morgan fingerprint density at radius 3 is 1.74 bits per heavy atom. The third-order valence-electron chi connectivity index (χ3n) is 12.0. The molecule has 0 radical (unpaired) electrons. The summed E-state index contributed by atoms with van der Waals surface area (Å²) in [5, 5.41) is 2.29. The quantitative estimate of drug-likeness (QED) is 0.126. The Balaban J connectivity index is 0.000000211. The molecule has 0 atom stereocenters. The number of H-pyrrole nitrogens is 2. The van der Waals surface area contributed by atoms with Gasteiger partial charge in [-0.2, -0.15) is 0 Å². The lowest BCUT2D eigenvalue weighted by Gasteiger charge is -2.29. The minimum absolute atomic E-state index is 0.145. The normalized spacial score (nSPS) is 14.3. The van der Waals surface area contributed by atoms with Gasteiger partial charge in [-0.25, -0.2) is 14.6 Å². The molecule has 7 aromatic rings. The van der Waals surface area contributed by atoms with Gasteiger partial charge in [-0.1, -0.05) is 58.4 Å². The molecular formula is C53H55BrN8O7. The molecule has 0 bridgehead atoms. The molecule has 2 aliphatic heterocycles. The molecule has 356 valence electrons. The first-order chi connectivity index (χ1) is 32.7. The predicted octanol–water partition coefficient (Wildman–Crippen LogP) is 10.0. The molecule has 16 heteroatoms. The maximum Gasteiger partial charge on any atom is 0.410 e. The topological polar surface area (TPSA) is 212 Å². The third-order valence-corrected chi connectivity index (χ3v) is 12.7. The Morgan fingerprint density at radius 1 is 0.667 bits per heavy atom. The van der Waals surface area contributed by atoms with E-state index >= 15 is 0 Å². The van der Waals surface area contributed by atoms with Crippen molar-refractivity contribution >= 4 is 83.8 Å². The number of nitrogens with two attached hydrogens (primary N) is 2. The van der Waals surface area contributed by atoms with Crippen LogP contribution < -0.4 is 17.0 Å². The van der Waals surface area contributed by atoms with Crippen LogP contribution in [0, 0.1) is 6.92 Å². The highest BCUT2D eigenvalue weighted by Gasteiger charge is 2.27. The van der Waals surface area contributed by atoms with Gasteiger partial charge in [0, 0.05) is 52.8 Å². The average Bonchev–Trinajstić information content (AvgIpc) is 3.96. The van der Waals surface area contributed by atoms with E-state index in [0.717, 1.165) is 65.7 Å². The highest BCUT2D eigenvalue weighted by Crippen LogP contribution is 2.38. The molecule has 15 nitrogen and oxygen atoms in total. The van der Waals surface area contributed by atoms with Gasteiger partial charge in [0.05, 0.1) is 38.8 Å². The zero-order valence-electron chi connectivity index (χ0n) is 39.7. The van der Waals surface area contributed by atoms with Crippen LogP contribution in [0.2, 0.25) is 0 Å². The SMILES string of the molecule is CC(C)(C)OC(=O)N1CC=C(c2cc3c(Br)ccc(C(N)=O)c3[nH]2)CC1.Cc1c(-c2ccc(C(N)=O)c3[nH]c(C4=CCN(C(=O)OC(C)(C)C)CC4)cc23)cccc1-n1cnc2ccccc2c1=O. The Hall–Kier alpha value is -7.46. The zero-order chi connectivity index (χ0) is 49.5. The van der Waals surface area contributed by atoms with Crippen molar-refractivity contribution in [1.29, 1.82) is 0 Å². The summed E-state index contributed by atoms with van der Waals surface area (Å²) < 4.78 is 13.4. The number of ether oxygens (including phenoxy) is 2. The molecule has 0 saturated carbocycles. The van der Waals surface area contributed by atoms with Crippen LogP contribution in [0.5, 0.6) is 0 Å². The number of nitrogens with zero attached hydrogens (tertiary/aromatic N) is 4. The summed E-state index contributed by atoms with van der Waals surface area (Å²) in [6.07, 6.45) is 6.27. The lowest BCUT2D eigenvalue weighted by Crippen LogP contribution is -2.39. The maximum atomic E-state index is 13.4. The summed E-state index contributed by atoms with van der Waals surface area (Å²) in [7, 11) is 0. The number of nitrogens with one attached hydrogen (secondary N) is 2. The Morgan fingerprint density at radius 2 is 1.20 bits per heavy atom. The van der Waals surface area contributed by atoms with Gasteiger partial charge >= 0.3 is 12.2 Å². The fraction of sp³-hybridized carbons (Fsp3) is 0.283. The standard InChI is InChI=1S/C34H33N5O4.C19H22BrN3O3/c1-20-22(9-7-11-29(20)39-19-36-27-10-6-5-8-24(27)32(39)41)23-12-13-25(31(35)40)30-26(23)18-28(37-30)21-14-16-38(17-15-21)33(42)43-34(2,3)4;1-19(2,3)26-18(25)23-8-6-11(7-9-23)15-10-13-14(20)5-4-12(17(21)24)16(13)22-15/h5-14,18-19,37H,15-17H2,1-4H3,(H2,35,40);4-6,10,22H,7-9H2,1-3H3,(H2,21,24). The molecule has 0 unspecified atom stereocenters. The molecule has 0 saturated heterocycles. The fourth-order valence-electron chi connectivity index (χ4n) is 8.62. The van der Waals surface area contributed by atoms with Crippen molar-refractivity contribution in [1.82, 2.24) is 29.3 Å². The van der Waals surface area contributed by atoms with Crippen molar-refractivity contribution in [3.05, 3.63) is 140 Å². The predicted molar refractivity (Wildman–Crippen MR) is 273 cm³/mol. The molecule has 9 rings (SSSR count). The number of halogens is 1. The minimum atomic E-state index is -0.562. The van der Waals surface area contributed by atoms with Crippen molar-refractivity contribution in [2.45, 2.75) is 72.5 Å². The number of fused-ring (bicyclic) bond motifs is 3. The van der Waals surface area contributed by atoms with E-state index in [4.69, 9.17) is 20.9 Å². The van der Waals surface area contributed by atoms with Crippen LogP contribution in [0.3, 0.4) is 0 Å². The number of carbonyl (C=O) groups excluding carboxylic acids is 4. The van der Waals surface area contributed by atoms with Crippen LogP contribution in [0.25, 0.3) is 60.7 Å². The maximum absolute atomic E-state index is 13.4. The van der Waals surface area contributed by atoms with E-state index in [1.807, 2.05) is 121 Å². The largest absolute Gasteiger partial charge is 0.444 e. The molecule has 4 amide bonds. The number of primary amides is 2. The number of benzene rings is 4. The second-order valence-corrected chi connectivity index (χ2v) is 20.0. The van der Waals surface area contributed by atoms with E-state index in [-0.39, 0.29) is 17.7 Å². The third kappa shape index (κ3) is 10.2. The first kappa shape index (κ1) is 48.0. The lowest BCUT2D eigenvalue weighted by molar-refractivity contribution is 0.0260. The van der Waals surface area contributed by atoms with Crippen LogP contribution >= 0.6 is 15.9 Å². The number of para-hydroxylation sites is 1. The second kappa shape index (κ2) is 18.9. The summed E-state index contributed by atoms with van der Waals surface area (Å²) in [6, 6.07) is 24.3. The summed E-state index contributed by atoms with van der Waals surface area (Å²) in [6.45, 7) is 15.1. The van der Waals surface area contributed by atoms with E-state index in [1.165, 1.54) is 0 Å². The van der Waals surface area contributed by atoms with E-state index in [9.17, 15) is 24.0 Å². The van der Waals surface area contributed by atoms with Gasteiger partial charge in [-0.15, -0.1) is 0 Å². The van der Waals surface area contributed by atoms with Crippen molar-refractivity contribution in [2.24, 2.45) is 11.5 Å². The fourth-order valence-corrected chi connectivity index (χ4v) is 9.07. The highest BCUT2D eigenvalue weighted by atomic mass is 79.9. The number of hydrogen-bond donors (Lipinski definition) is 4. The molecule has 0 spiro atoms. The lowest BCUT2D eigenvalue weighted by atomic mass is 9.94. The molecule has 69 heavy (non-hydrogen) atoms. The molecule has 6 N–H and O–H groups in total. The number of aromatic amines is 2. The van der Waals surface area contributed by atoms with Crippen LogP contribution in [0.1, 0.15) is 92.1 Å². The monoisotopic (exact) mass is 994 g/mol. The second-order valence-electron chi connectivity index (χ2n) is 19.1. The van der Waals surface area contributed by atoms with Gasteiger partial charge in [0.15, 0.2) is 0 Å². The average molecular weight is 996 g/mol. The molecule has 0 fully saturated rings. The summed E-state index contributed by atoms with van der Waals surface area (Å²) in [5.74, 6) is -0.998. The number of rotatable bonds is 6. The summed E-state index contributed by atoms with van der Waals surface area (Å²) in [5.41, 5.74) is 20.2. The van der Waals surface area contributed by atoms with Gasteiger partial charge in [-0.3, -0.25) is 19.0 Å².